The van der Waals surface area contributed by atoms with Gasteiger partial charge in [0.2, 0.25) is 5.91 Å². The molecule has 0 bridgehead atoms. The molecule has 1 aliphatic heterocycles. The highest BCUT2D eigenvalue weighted by Gasteiger charge is 2.27. The van der Waals surface area contributed by atoms with E-state index in [0.717, 1.165) is 11.1 Å². The number of benzene rings is 2. The van der Waals surface area contributed by atoms with Gasteiger partial charge in [-0.25, -0.2) is 0 Å². The van der Waals surface area contributed by atoms with Gasteiger partial charge in [-0.15, -0.1) is 12.4 Å². The van der Waals surface area contributed by atoms with Crippen molar-refractivity contribution in [2.75, 3.05) is 5.32 Å². The molecule has 3 unspecified atom stereocenters. The summed E-state index contributed by atoms with van der Waals surface area (Å²) in [5, 5.41) is 5.76. The van der Waals surface area contributed by atoms with Crippen molar-refractivity contribution in [1.29, 1.82) is 0 Å². The lowest BCUT2D eigenvalue weighted by molar-refractivity contribution is -0.124. The zero-order valence-corrected chi connectivity index (χ0v) is 16.1. The van der Waals surface area contributed by atoms with Crippen LogP contribution in [-0.4, -0.2) is 17.9 Å². The molecule has 0 spiro atoms. The van der Waals surface area contributed by atoms with Crippen molar-refractivity contribution in [2.24, 2.45) is 5.73 Å². The Bertz CT molecular complexity index is 813. The largest absolute Gasteiger partial charge is 0.478 e. The number of fused-ring (bicyclic) bond motifs is 1. The zero-order chi connectivity index (χ0) is 18.7. The number of hydrogen-bond acceptors (Lipinski definition) is 4. The summed E-state index contributed by atoms with van der Waals surface area (Å²) < 4.78 is 5.76. The van der Waals surface area contributed by atoms with Gasteiger partial charge in [0.15, 0.2) is 6.10 Å². The predicted octanol–water partition coefficient (Wildman–Crippen LogP) is 3.10. The molecule has 0 saturated carbocycles. The number of amides is 2. The van der Waals surface area contributed by atoms with E-state index in [1.807, 2.05) is 56.3 Å². The molecule has 0 aromatic heterocycles. The summed E-state index contributed by atoms with van der Waals surface area (Å²) in [6, 6.07) is 13.8. The first-order valence-corrected chi connectivity index (χ1v) is 8.72. The molecule has 2 aromatic carbocycles. The van der Waals surface area contributed by atoms with Crippen LogP contribution in [0.4, 0.5) is 5.69 Å². The number of carbonyl (C=O) groups excluding carboxylic acids is 2. The van der Waals surface area contributed by atoms with E-state index < -0.39 is 12.1 Å². The Morgan fingerprint density at radius 2 is 1.93 bits per heavy atom. The van der Waals surface area contributed by atoms with Crippen LogP contribution in [0.1, 0.15) is 43.5 Å². The second kappa shape index (κ2) is 8.88. The van der Waals surface area contributed by atoms with Crippen molar-refractivity contribution in [3.05, 3.63) is 59.7 Å². The lowest BCUT2D eigenvalue weighted by atomic mass is 10.0. The fourth-order valence-corrected chi connectivity index (χ4v) is 2.90. The van der Waals surface area contributed by atoms with Gasteiger partial charge in [0.1, 0.15) is 11.8 Å². The van der Waals surface area contributed by atoms with E-state index in [1.54, 1.807) is 6.07 Å². The van der Waals surface area contributed by atoms with Crippen molar-refractivity contribution in [3.63, 3.8) is 0 Å². The van der Waals surface area contributed by atoms with Crippen LogP contribution >= 0.6 is 12.4 Å². The monoisotopic (exact) mass is 389 g/mol. The molecule has 0 aliphatic carbocycles. The molecule has 4 N–H and O–H groups in total. The summed E-state index contributed by atoms with van der Waals surface area (Å²) in [6.07, 6.45) is 0.0995. The first kappa shape index (κ1) is 20.7. The Morgan fingerprint density at radius 3 is 2.59 bits per heavy atom. The molecule has 1 aliphatic rings. The number of rotatable bonds is 5. The van der Waals surface area contributed by atoms with Crippen molar-refractivity contribution < 1.29 is 14.3 Å². The summed E-state index contributed by atoms with van der Waals surface area (Å²) in [7, 11) is 0. The molecular formula is C20H24ClN3O3. The van der Waals surface area contributed by atoms with Crippen LogP contribution in [0, 0.1) is 0 Å². The van der Waals surface area contributed by atoms with Gasteiger partial charge in [-0.3, -0.25) is 9.59 Å². The smallest absolute Gasteiger partial charge is 0.265 e. The van der Waals surface area contributed by atoms with Crippen LogP contribution in [0.5, 0.6) is 5.75 Å². The van der Waals surface area contributed by atoms with E-state index >= 15 is 0 Å². The van der Waals surface area contributed by atoms with Gasteiger partial charge in [0.25, 0.3) is 5.91 Å². The molecule has 3 atom stereocenters. The first-order valence-electron chi connectivity index (χ1n) is 8.72. The van der Waals surface area contributed by atoms with E-state index in [9.17, 15) is 9.59 Å². The number of halogens is 1. The van der Waals surface area contributed by atoms with E-state index in [-0.39, 0.29) is 30.3 Å². The highest BCUT2D eigenvalue weighted by atomic mass is 35.5. The van der Waals surface area contributed by atoms with Crippen LogP contribution in [0.2, 0.25) is 0 Å². The van der Waals surface area contributed by atoms with Crippen molar-refractivity contribution >= 4 is 29.9 Å². The minimum atomic E-state index is -0.726. The molecule has 0 saturated heterocycles. The number of nitrogens with one attached hydrogen (secondary N) is 2. The van der Waals surface area contributed by atoms with Crippen molar-refractivity contribution in [1.82, 2.24) is 5.32 Å². The second-order valence-electron chi connectivity index (χ2n) is 6.38. The highest BCUT2D eigenvalue weighted by molar-refractivity contribution is 5.97. The normalized spacial score (nSPS) is 17.4. The SMILES string of the molecule is CCC1Oc2cc(C(C)NC(=O)C(N)c3ccccc3)ccc2NC1=O.Cl. The topological polar surface area (TPSA) is 93.4 Å². The fourth-order valence-electron chi connectivity index (χ4n) is 2.90. The summed E-state index contributed by atoms with van der Waals surface area (Å²) >= 11 is 0. The van der Waals surface area contributed by atoms with Gasteiger partial charge in [0.05, 0.1) is 11.7 Å². The summed E-state index contributed by atoms with van der Waals surface area (Å²) in [5.41, 5.74) is 8.33. The van der Waals surface area contributed by atoms with Gasteiger partial charge >= 0.3 is 0 Å². The van der Waals surface area contributed by atoms with Gasteiger partial charge in [-0.2, -0.15) is 0 Å². The van der Waals surface area contributed by atoms with Gasteiger partial charge in [0, 0.05) is 0 Å². The highest BCUT2D eigenvalue weighted by Crippen LogP contribution is 2.33. The van der Waals surface area contributed by atoms with Gasteiger partial charge in [-0.05, 0) is 36.6 Å². The summed E-state index contributed by atoms with van der Waals surface area (Å²) in [4.78, 5) is 24.3. The van der Waals surface area contributed by atoms with Crippen LogP contribution in [0.15, 0.2) is 48.5 Å². The minimum Gasteiger partial charge on any atom is -0.478 e. The van der Waals surface area contributed by atoms with Crippen LogP contribution in [0.25, 0.3) is 0 Å². The van der Waals surface area contributed by atoms with Crippen LogP contribution < -0.4 is 21.1 Å². The zero-order valence-electron chi connectivity index (χ0n) is 15.3. The Balaban J connectivity index is 0.00000261. The molecule has 144 valence electrons. The molecule has 27 heavy (non-hydrogen) atoms. The second-order valence-corrected chi connectivity index (χ2v) is 6.38. The third-order valence-corrected chi connectivity index (χ3v) is 4.50. The van der Waals surface area contributed by atoms with E-state index in [1.165, 1.54) is 0 Å². The Kier molecular flexibility index (Phi) is 6.82. The van der Waals surface area contributed by atoms with Gasteiger partial charge in [-0.1, -0.05) is 43.3 Å². The molecule has 1 heterocycles. The van der Waals surface area contributed by atoms with Crippen molar-refractivity contribution in [2.45, 2.75) is 38.5 Å². The average Bonchev–Trinajstić information content (AvgIpc) is 2.67. The fraction of sp³-hybridized carbons (Fsp3) is 0.300. The molecule has 3 rings (SSSR count). The molecule has 6 nitrogen and oxygen atoms in total. The molecule has 0 radical (unpaired) electrons. The predicted molar refractivity (Wildman–Crippen MR) is 107 cm³/mol. The lowest BCUT2D eigenvalue weighted by Gasteiger charge is -2.26. The number of ether oxygens (including phenoxy) is 1. The average molecular weight is 390 g/mol. The molecule has 2 amide bonds. The van der Waals surface area contributed by atoms with Crippen LogP contribution in [-0.2, 0) is 9.59 Å². The minimum absolute atomic E-state index is 0. The standard InChI is InChI=1S/C20H23N3O3.ClH/c1-3-16-19(24)23-15-10-9-14(11-17(15)26-16)12(2)22-20(25)18(21)13-7-5-4-6-8-13;/h4-12,16,18H,3,21H2,1-2H3,(H,22,25)(H,23,24);1H. The maximum Gasteiger partial charge on any atom is 0.265 e. The summed E-state index contributed by atoms with van der Waals surface area (Å²) in [5.74, 6) is 0.229. The van der Waals surface area contributed by atoms with Gasteiger partial charge < -0.3 is 21.1 Å². The molecule has 0 fully saturated rings. The van der Waals surface area contributed by atoms with Crippen LogP contribution in [0.3, 0.4) is 0 Å². The molecule has 7 heteroatoms. The van der Waals surface area contributed by atoms with E-state index in [4.69, 9.17) is 10.5 Å². The Morgan fingerprint density at radius 1 is 1.22 bits per heavy atom. The van der Waals surface area contributed by atoms with Crippen molar-refractivity contribution in [3.8, 4) is 5.75 Å². The Hall–Kier alpha value is -2.57. The maximum absolute atomic E-state index is 12.4. The third-order valence-electron chi connectivity index (χ3n) is 4.50. The number of nitrogens with two attached hydrogens (primary N) is 1. The van der Waals surface area contributed by atoms with E-state index in [0.29, 0.717) is 17.9 Å². The maximum atomic E-state index is 12.4. The lowest BCUT2D eigenvalue weighted by Crippen LogP contribution is -2.37. The summed E-state index contributed by atoms with van der Waals surface area (Å²) in [6.45, 7) is 3.78. The first-order chi connectivity index (χ1) is 12.5. The molecule has 2 aromatic rings. The third kappa shape index (κ3) is 4.59. The Labute approximate surface area is 164 Å². The number of hydrogen-bond donors (Lipinski definition) is 3. The van der Waals surface area contributed by atoms with E-state index in [2.05, 4.69) is 10.6 Å². The quantitative estimate of drug-likeness (QED) is 0.732. The number of carbonyl (C=O) groups is 2. The number of anilines is 1. The molecular weight excluding hydrogens is 366 g/mol.